The van der Waals surface area contributed by atoms with Crippen LogP contribution in [-0.4, -0.2) is 12.6 Å². The molecule has 1 aromatic carbocycles. The summed E-state index contributed by atoms with van der Waals surface area (Å²) in [4.78, 5) is 11.8. The number of hydrogen-bond donors (Lipinski definition) is 0. The van der Waals surface area contributed by atoms with E-state index in [-0.39, 0.29) is 5.97 Å². The molecule has 0 heterocycles. The van der Waals surface area contributed by atoms with E-state index in [2.05, 4.69) is 17.8 Å². The fourth-order valence-corrected chi connectivity index (χ4v) is 1.96. The zero-order valence-corrected chi connectivity index (χ0v) is 13.4. The molecule has 0 fully saturated rings. The highest BCUT2D eigenvalue weighted by Gasteiger charge is 2.06. The van der Waals surface area contributed by atoms with Gasteiger partial charge in [-0.1, -0.05) is 37.7 Å². The van der Waals surface area contributed by atoms with Crippen LogP contribution in [0.1, 0.15) is 67.8 Å². The summed E-state index contributed by atoms with van der Waals surface area (Å²) in [5.41, 5.74) is 1.42. The Hall–Kier alpha value is -2.19. The van der Waals surface area contributed by atoms with E-state index >= 15 is 0 Å². The summed E-state index contributed by atoms with van der Waals surface area (Å²) >= 11 is 0. The maximum Gasteiger partial charge on any atom is 0.338 e. The van der Waals surface area contributed by atoms with Crippen LogP contribution in [0.15, 0.2) is 24.3 Å². The highest BCUT2D eigenvalue weighted by atomic mass is 16.5. The van der Waals surface area contributed by atoms with E-state index in [0.29, 0.717) is 12.2 Å². The number of esters is 1. The third kappa shape index (κ3) is 7.55. The lowest BCUT2D eigenvalue weighted by Gasteiger charge is -2.02. The normalized spacial score (nSPS) is 9.45. The monoisotopic (exact) mass is 296 g/mol. The van der Waals surface area contributed by atoms with Crippen molar-refractivity contribution in [2.24, 2.45) is 0 Å². The van der Waals surface area contributed by atoms with Crippen molar-refractivity contribution >= 4 is 5.97 Å². The molecular formula is C20H24O2. The maximum atomic E-state index is 11.8. The minimum Gasteiger partial charge on any atom is -0.462 e. The molecule has 1 aromatic rings. The van der Waals surface area contributed by atoms with Crippen molar-refractivity contribution in [3.05, 3.63) is 35.4 Å². The van der Waals surface area contributed by atoms with E-state index in [1.165, 1.54) is 12.8 Å². The molecule has 0 aliphatic heterocycles. The second-order valence-corrected chi connectivity index (χ2v) is 5.14. The summed E-state index contributed by atoms with van der Waals surface area (Å²) in [6.45, 7) is 2.43. The number of benzene rings is 1. The third-order valence-electron chi connectivity index (χ3n) is 3.14. The molecule has 0 N–H and O–H groups in total. The molecule has 0 aliphatic carbocycles. The molecule has 0 atom stereocenters. The van der Waals surface area contributed by atoms with Gasteiger partial charge in [0.25, 0.3) is 0 Å². The summed E-state index contributed by atoms with van der Waals surface area (Å²) in [5, 5.41) is 0. The summed E-state index contributed by atoms with van der Waals surface area (Å²) in [7, 11) is 0. The van der Waals surface area contributed by atoms with E-state index in [0.717, 1.165) is 37.7 Å². The molecule has 0 aromatic heterocycles. The van der Waals surface area contributed by atoms with Gasteiger partial charge in [-0.25, -0.2) is 4.79 Å². The molecule has 0 radical (unpaired) electrons. The molecule has 2 nitrogen and oxygen atoms in total. The van der Waals surface area contributed by atoms with Crippen LogP contribution in [0.2, 0.25) is 0 Å². The van der Waals surface area contributed by atoms with E-state index in [1.807, 2.05) is 19.1 Å². The van der Waals surface area contributed by atoms with Crippen molar-refractivity contribution in [3.63, 3.8) is 0 Å². The first-order valence-corrected chi connectivity index (χ1v) is 7.97. The van der Waals surface area contributed by atoms with Gasteiger partial charge < -0.3 is 4.74 Å². The molecular weight excluding hydrogens is 272 g/mol. The summed E-state index contributed by atoms with van der Waals surface area (Å²) in [6, 6.07) is 7.30. The minimum atomic E-state index is -0.279. The van der Waals surface area contributed by atoms with Gasteiger partial charge >= 0.3 is 5.97 Å². The number of rotatable bonds is 8. The molecule has 0 saturated carbocycles. The Morgan fingerprint density at radius 3 is 2.68 bits per heavy atom. The molecule has 116 valence electrons. The van der Waals surface area contributed by atoms with Crippen LogP contribution in [0.5, 0.6) is 0 Å². The van der Waals surface area contributed by atoms with Crippen LogP contribution < -0.4 is 0 Å². The molecule has 2 heteroatoms. The van der Waals surface area contributed by atoms with Crippen molar-refractivity contribution in [1.82, 2.24) is 0 Å². The number of hydrogen-bond acceptors (Lipinski definition) is 2. The fraction of sp³-hybridized carbons (Fsp3) is 0.450. The fourth-order valence-electron chi connectivity index (χ4n) is 1.96. The first-order valence-electron chi connectivity index (χ1n) is 7.97. The second-order valence-electron chi connectivity index (χ2n) is 5.14. The Labute approximate surface area is 134 Å². The quantitative estimate of drug-likeness (QED) is 0.399. The average molecular weight is 296 g/mol. The van der Waals surface area contributed by atoms with Crippen LogP contribution in [0.3, 0.4) is 0 Å². The molecule has 1 rings (SSSR count). The van der Waals surface area contributed by atoms with Gasteiger partial charge in [0.15, 0.2) is 0 Å². The van der Waals surface area contributed by atoms with Crippen molar-refractivity contribution in [1.29, 1.82) is 0 Å². The van der Waals surface area contributed by atoms with Gasteiger partial charge in [0.1, 0.15) is 0 Å². The third-order valence-corrected chi connectivity index (χ3v) is 3.14. The second kappa shape index (κ2) is 11.5. The summed E-state index contributed by atoms with van der Waals surface area (Å²) in [5.74, 6) is 8.64. The lowest BCUT2D eigenvalue weighted by atomic mass is 10.1. The van der Waals surface area contributed by atoms with Gasteiger partial charge in [-0.2, -0.15) is 0 Å². The van der Waals surface area contributed by atoms with Crippen molar-refractivity contribution in [3.8, 4) is 24.2 Å². The Balaban J connectivity index is 2.39. The van der Waals surface area contributed by atoms with Crippen LogP contribution in [0.25, 0.3) is 0 Å². The highest BCUT2D eigenvalue weighted by molar-refractivity contribution is 5.89. The van der Waals surface area contributed by atoms with Crippen molar-refractivity contribution in [2.45, 2.75) is 51.9 Å². The lowest BCUT2D eigenvalue weighted by Crippen LogP contribution is -2.05. The van der Waals surface area contributed by atoms with Crippen LogP contribution in [0, 0.1) is 24.2 Å². The van der Waals surface area contributed by atoms with Gasteiger partial charge in [0, 0.05) is 18.4 Å². The Morgan fingerprint density at radius 2 is 1.95 bits per heavy atom. The molecule has 0 unspecified atom stereocenters. The SMILES string of the molecule is C#CCCCCCCC#Cc1cccc(C(=O)OCCC)c1. The molecule has 0 spiro atoms. The predicted molar refractivity (Wildman–Crippen MR) is 90.4 cm³/mol. The summed E-state index contributed by atoms with van der Waals surface area (Å²) < 4.78 is 5.12. The minimum absolute atomic E-state index is 0.279. The van der Waals surface area contributed by atoms with E-state index in [4.69, 9.17) is 11.2 Å². The highest BCUT2D eigenvalue weighted by Crippen LogP contribution is 2.07. The Bertz CT molecular complexity index is 555. The Kier molecular flexibility index (Phi) is 9.31. The number of carbonyl (C=O) groups is 1. The standard InChI is InChI=1S/C20H24O2/c1-3-5-6-7-8-9-10-11-13-18-14-12-15-19(17-18)20(21)22-16-4-2/h1,12,14-15,17H,4-10,16H2,2H3. The van der Waals surface area contributed by atoms with Crippen LogP contribution in [0.4, 0.5) is 0 Å². The zero-order valence-electron chi connectivity index (χ0n) is 13.4. The number of ether oxygens (including phenoxy) is 1. The predicted octanol–water partition coefficient (Wildman–Crippen LogP) is 4.58. The van der Waals surface area contributed by atoms with Gasteiger partial charge in [0.05, 0.1) is 12.2 Å². The van der Waals surface area contributed by atoms with Gasteiger partial charge in [-0.15, -0.1) is 12.3 Å². The van der Waals surface area contributed by atoms with E-state index in [9.17, 15) is 4.79 Å². The van der Waals surface area contributed by atoms with Gasteiger partial charge in [-0.3, -0.25) is 0 Å². The van der Waals surface area contributed by atoms with Crippen LogP contribution >= 0.6 is 0 Å². The van der Waals surface area contributed by atoms with Crippen LogP contribution in [-0.2, 0) is 4.74 Å². The molecule has 0 bridgehead atoms. The van der Waals surface area contributed by atoms with Gasteiger partial charge in [0.2, 0.25) is 0 Å². The maximum absolute atomic E-state index is 11.8. The van der Waals surface area contributed by atoms with Crippen molar-refractivity contribution < 1.29 is 9.53 Å². The first-order chi connectivity index (χ1) is 10.8. The van der Waals surface area contributed by atoms with E-state index in [1.54, 1.807) is 12.1 Å². The smallest absolute Gasteiger partial charge is 0.338 e. The first kappa shape index (κ1) is 17.9. The molecule has 0 saturated heterocycles. The molecule has 0 amide bonds. The molecule has 0 aliphatic rings. The Morgan fingerprint density at radius 1 is 1.18 bits per heavy atom. The number of unbranched alkanes of at least 4 members (excludes halogenated alkanes) is 5. The zero-order chi connectivity index (χ0) is 16.0. The van der Waals surface area contributed by atoms with E-state index < -0.39 is 0 Å². The topological polar surface area (TPSA) is 26.3 Å². The largest absolute Gasteiger partial charge is 0.462 e. The lowest BCUT2D eigenvalue weighted by molar-refractivity contribution is 0.0505. The number of carbonyl (C=O) groups excluding carboxylic acids is 1. The summed E-state index contributed by atoms with van der Waals surface area (Å²) in [6.07, 6.45) is 12.3. The number of terminal acetylenes is 1. The molecule has 22 heavy (non-hydrogen) atoms. The van der Waals surface area contributed by atoms with Crippen molar-refractivity contribution in [2.75, 3.05) is 6.61 Å². The average Bonchev–Trinajstić information content (AvgIpc) is 2.55. The van der Waals surface area contributed by atoms with Gasteiger partial charge in [-0.05, 0) is 37.5 Å².